The molecule has 0 aromatic heterocycles. The molecule has 76 valence electrons. The number of carboxylic acid groups (broad SMARTS) is 2. The van der Waals surface area contributed by atoms with Crippen molar-refractivity contribution in [3.63, 3.8) is 0 Å². The van der Waals surface area contributed by atoms with Crippen molar-refractivity contribution in [2.45, 2.75) is 6.42 Å². The van der Waals surface area contributed by atoms with Crippen LogP contribution < -0.4 is 138 Å². The summed E-state index contributed by atoms with van der Waals surface area (Å²) >= 11 is 0. The standard InChI is InChI=1S/C5H9O7P.4Na/c6-4(7)1-3(5(8)9)2-13(10,11)12;;;;/h3H,1-2H2,(H,6,7)(H,8,9)(H2,10,11,12);;;;/q;4*+1/p-4. The Labute approximate surface area is 187 Å². The number of aliphatic carboxylic acids is 2. The SMILES string of the molecule is O=C([O-])CC(CP(=O)([O-])[O-])C(=O)[O-].[Na+].[Na+].[Na+].[Na+]. The fourth-order valence-corrected chi connectivity index (χ4v) is 1.51. The number of hydrogen-bond donors (Lipinski definition) is 0. The van der Waals surface area contributed by atoms with Crippen LogP contribution in [-0.4, -0.2) is 18.1 Å². The average Bonchev–Trinajstić information content (AvgIpc) is 1.81. The first-order valence-corrected chi connectivity index (χ1v) is 4.87. The Hall–Kier alpha value is 3.09. The summed E-state index contributed by atoms with van der Waals surface area (Å²) in [5, 5.41) is 20.0. The summed E-state index contributed by atoms with van der Waals surface area (Å²) in [6, 6.07) is 0. The van der Waals surface area contributed by atoms with Crippen molar-refractivity contribution in [3.05, 3.63) is 0 Å². The monoisotopic (exact) mass is 300 g/mol. The van der Waals surface area contributed by atoms with Gasteiger partial charge in [0, 0.05) is 17.9 Å². The average molecular weight is 300 g/mol. The van der Waals surface area contributed by atoms with Gasteiger partial charge in [0.1, 0.15) is 0 Å². The van der Waals surface area contributed by atoms with Crippen LogP contribution in [0.1, 0.15) is 6.42 Å². The minimum absolute atomic E-state index is 0. The molecule has 0 fully saturated rings. The molecule has 7 nitrogen and oxygen atoms in total. The van der Waals surface area contributed by atoms with Gasteiger partial charge in [-0.25, -0.2) is 0 Å². The molecular weight excluding hydrogens is 295 g/mol. The van der Waals surface area contributed by atoms with E-state index in [0.717, 1.165) is 0 Å². The number of carboxylic acids is 2. The van der Waals surface area contributed by atoms with Gasteiger partial charge in [-0.05, 0) is 12.6 Å². The largest absolute Gasteiger partial charge is 1.00 e. The van der Waals surface area contributed by atoms with E-state index in [2.05, 4.69) is 0 Å². The summed E-state index contributed by atoms with van der Waals surface area (Å²) in [5.41, 5.74) is 0. The van der Waals surface area contributed by atoms with Crippen LogP contribution in [0.2, 0.25) is 0 Å². The van der Waals surface area contributed by atoms with Crippen molar-refractivity contribution in [2.75, 3.05) is 6.16 Å². The van der Waals surface area contributed by atoms with Gasteiger partial charge >= 0.3 is 118 Å². The molecule has 0 bridgehead atoms. The Bertz CT molecular complexity index is 267. The number of rotatable bonds is 5. The Morgan fingerprint density at radius 3 is 1.53 bits per heavy atom. The third-order valence-corrected chi connectivity index (χ3v) is 2.08. The van der Waals surface area contributed by atoms with E-state index in [4.69, 9.17) is 0 Å². The molecule has 0 saturated heterocycles. The molecule has 0 aromatic carbocycles. The van der Waals surface area contributed by atoms with Crippen LogP contribution in [0.15, 0.2) is 0 Å². The number of carbonyl (C=O) groups is 2. The molecular formula is C5H5Na4O7P. The van der Waals surface area contributed by atoms with Crippen molar-refractivity contribution in [1.29, 1.82) is 0 Å². The zero-order chi connectivity index (χ0) is 10.6. The van der Waals surface area contributed by atoms with Crippen molar-refractivity contribution in [2.24, 2.45) is 5.92 Å². The van der Waals surface area contributed by atoms with Gasteiger partial charge in [0.2, 0.25) is 0 Å². The summed E-state index contributed by atoms with van der Waals surface area (Å²) in [6.45, 7) is 0. The molecule has 0 heterocycles. The van der Waals surface area contributed by atoms with E-state index in [1.807, 2.05) is 0 Å². The fraction of sp³-hybridized carbons (Fsp3) is 0.600. The first kappa shape index (κ1) is 32.2. The first-order chi connectivity index (χ1) is 5.72. The van der Waals surface area contributed by atoms with Crippen LogP contribution in [-0.2, 0) is 14.2 Å². The summed E-state index contributed by atoms with van der Waals surface area (Å²) in [7, 11) is -5.04. The van der Waals surface area contributed by atoms with E-state index < -0.39 is 38.0 Å². The van der Waals surface area contributed by atoms with E-state index in [1.54, 1.807) is 0 Å². The molecule has 17 heavy (non-hydrogen) atoms. The minimum atomic E-state index is -5.04. The summed E-state index contributed by atoms with van der Waals surface area (Å²) in [5.74, 6) is -5.48. The molecule has 0 aliphatic rings. The van der Waals surface area contributed by atoms with Gasteiger partial charge in [-0.2, -0.15) is 0 Å². The van der Waals surface area contributed by atoms with E-state index >= 15 is 0 Å². The van der Waals surface area contributed by atoms with Gasteiger partial charge in [-0.3, -0.25) is 0 Å². The first-order valence-electron chi connectivity index (χ1n) is 3.14. The molecule has 0 rings (SSSR count). The van der Waals surface area contributed by atoms with Crippen LogP contribution in [0, 0.1) is 5.92 Å². The Morgan fingerprint density at radius 2 is 1.35 bits per heavy atom. The van der Waals surface area contributed by atoms with E-state index in [-0.39, 0.29) is 118 Å². The molecule has 1 atom stereocenters. The van der Waals surface area contributed by atoms with Crippen LogP contribution in [0.3, 0.4) is 0 Å². The van der Waals surface area contributed by atoms with Gasteiger partial charge < -0.3 is 34.2 Å². The summed E-state index contributed by atoms with van der Waals surface area (Å²) in [4.78, 5) is 40.2. The molecule has 1 unspecified atom stereocenters. The molecule has 0 spiro atoms. The van der Waals surface area contributed by atoms with Crippen LogP contribution in [0.5, 0.6) is 0 Å². The Kier molecular flexibility index (Phi) is 29.3. The Morgan fingerprint density at radius 1 is 1.00 bits per heavy atom. The second kappa shape index (κ2) is 15.5. The van der Waals surface area contributed by atoms with Crippen LogP contribution in [0.25, 0.3) is 0 Å². The van der Waals surface area contributed by atoms with Crippen molar-refractivity contribution in [1.82, 2.24) is 0 Å². The zero-order valence-electron chi connectivity index (χ0n) is 10.3. The smallest absolute Gasteiger partial charge is 0.811 e. The van der Waals surface area contributed by atoms with Crippen LogP contribution in [0.4, 0.5) is 0 Å². The topological polar surface area (TPSA) is 143 Å². The number of carbonyl (C=O) groups excluding carboxylic acids is 2. The van der Waals surface area contributed by atoms with Crippen LogP contribution >= 0.6 is 7.60 Å². The molecule has 0 N–H and O–H groups in total. The molecule has 0 radical (unpaired) electrons. The maximum atomic E-state index is 10.1. The molecule has 0 amide bonds. The number of hydrogen-bond acceptors (Lipinski definition) is 7. The Balaban J connectivity index is -0.000000120. The summed E-state index contributed by atoms with van der Waals surface area (Å²) < 4.78 is 10.1. The van der Waals surface area contributed by atoms with E-state index in [1.165, 1.54) is 0 Å². The predicted molar refractivity (Wildman–Crippen MR) is 30.6 cm³/mol. The zero-order valence-corrected chi connectivity index (χ0v) is 19.2. The fourth-order valence-electron chi connectivity index (χ4n) is 0.694. The second-order valence-electron chi connectivity index (χ2n) is 2.39. The minimum Gasteiger partial charge on any atom is -0.811 e. The quantitative estimate of drug-likeness (QED) is 0.362. The normalized spacial score (nSPS) is 10.5. The molecule has 0 saturated carbocycles. The summed E-state index contributed by atoms with van der Waals surface area (Å²) in [6.07, 6.45) is -2.32. The van der Waals surface area contributed by atoms with Gasteiger partial charge in [-0.15, -0.1) is 0 Å². The molecule has 0 aliphatic carbocycles. The van der Waals surface area contributed by atoms with E-state index in [9.17, 15) is 34.2 Å². The molecule has 12 heteroatoms. The third kappa shape index (κ3) is 21.5. The third-order valence-electron chi connectivity index (χ3n) is 1.19. The molecule has 0 aromatic rings. The molecule has 0 aliphatic heterocycles. The predicted octanol–water partition coefficient (Wildman–Crippen LogP) is -16.6. The van der Waals surface area contributed by atoms with E-state index in [0.29, 0.717) is 0 Å². The van der Waals surface area contributed by atoms with Crippen molar-refractivity contribution < 1.29 is 152 Å². The van der Waals surface area contributed by atoms with Gasteiger partial charge in [0.15, 0.2) is 0 Å². The van der Waals surface area contributed by atoms with Gasteiger partial charge in [-0.1, -0.05) is 7.60 Å². The maximum absolute atomic E-state index is 10.1. The second-order valence-corrected chi connectivity index (χ2v) is 3.97. The van der Waals surface area contributed by atoms with Crippen molar-refractivity contribution in [3.8, 4) is 0 Å². The van der Waals surface area contributed by atoms with Gasteiger partial charge in [0.05, 0.1) is 0 Å². The van der Waals surface area contributed by atoms with Gasteiger partial charge in [0.25, 0.3) is 0 Å². The van der Waals surface area contributed by atoms with Crippen molar-refractivity contribution >= 4 is 19.5 Å². The maximum Gasteiger partial charge on any atom is 1.00 e.